The zero-order valence-electron chi connectivity index (χ0n) is 7.62. The second-order valence-electron chi connectivity index (χ2n) is 3.21. The molecule has 0 fully saturated rings. The largest absolute Gasteiger partial charge is 0.393 e. The van der Waals surface area contributed by atoms with Gasteiger partial charge in [-0.3, -0.25) is 4.98 Å². The average Bonchev–Trinajstić information content (AvgIpc) is 2.03. The first-order chi connectivity index (χ1) is 5.68. The third-order valence-corrected chi connectivity index (χ3v) is 1.79. The van der Waals surface area contributed by atoms with E-state index in [1.807, 2.05) is 25.3 Å². The molecular weight excluding hydrogens is 150 g/mol. The Morgan fingerprint density at radius 3 is 2.75 bits per heavy atom. The number of aliphatic hydroxyl groups is 1. The summed E-state index contributed by atoms with van der Waals surface area (Å²) in [5.74, 6) is 0. The van der Waals surface area contributed by atoms with Crippen molar-refractivity contribution < 1.29 is 5.11 Å². The molecule has 0 radical (unpaired) electrons. The summed E-state index contributed by atoms with van der Waals surface area (Å²) in [6.45, 7) is 3.82. The van der Waals surface area contributed by atoms with E-state index in [0.717, 1.165) is 18.5 Å². The van der Waals surface area contributed by atoms with Crippen LogP contribution in [0.15, 0.2) is 18.3 Å². The van der Waals surface area contributed by atoms with Gasteiger partial charge in [-0.15, -0.1) is 0 Å². The summed E-state index contributed by atoms with van der Waals surface area (Å²) >= 11 is 0. The van der Waals surface area contributed by atoms with E-state index in [1.54, 1.807) is 6.92 Å². The Hall–Kier alpha value is -0.890. The smallest absolute Gasteiger partial charge is 0.0515 e. The fourth-order valence-electron chi connectivity index (χ4n) is 1.00. The number of nitrogens with zero attached hydrogens (tertiary/aromatic N) is 1. The third-order valence-electron chi connectivity index (χ3n) is 1.79. The first-order valence-corrected chi connectivity index (χ1v) is 4.28. The van der Waals surface area contributed by atoms with Gasteiger partial charge in [0.25, 0.3) is 0 Å². The predicted octanol–water partition coefficient (Wildman–Crippen LogP) is 1.70. The molecular formula is C10H15NO. The van der Waals surface area contributed by atoms with Gasteiger partial charge in [-0.1, -0.05) is 6.07 Å². The molecule has 0 bridgehead atoms. The minimum Gasteiger partial charge on any atom is -0.393 e. The van der Waals surface area contributed by atoms with Crippen molar-refractivity contribution in [2.45, 2.75) is 32.8 Å². The molecule has 1 N–H and O–H groups in total. The van der Waals surface area contributed by atoms with Crippen molar-refractivity contribution in [1.82, 2.24) is 4.98 Å². The number of pyridine rings is 1. The molecule has 0 unspecified atom stereocenters. The van der Waals surface area contributed by atoms with E-state index < -0.39 is 0 Å². The van der Waals surface area contributed by atoms with Crippen LogP contribution in [0.1, 0.15) is 24.6 Å². The van der Waals surface area contributed by atoms with E-state index in [1.165, 1.54) is 5.56 Å². The highest BCUT2D eigenvalue weighted by Crippen LogP contribution is 2.03. The number of aryl methyl sites for hydroxylation is 2. The molecule has 0 saturated carbocycles. The Kier molecular flexibility index (Phi) is 3.23. The minimum absolute atomic E-state index is 0.229. The van der Waals surface area contributed by atoms with Gasteiger partial charge in [0.1, 0.15) is 0 Å². The maximum atomic E-state index is 9.04. The highest BCUT2D eigenvalue weighted by Gasteiger charge is 1.98. The van der Waals surface area contributed by atoms with Crippen LogP contribution in [0.5, 0.6) is 0 Å². The third kappa shape index (κ3) is 3.01. The molecule has 1 atom stereocenters. The molecule has 0 saturated heterocycles. The lowest BCUT2D eigenvalue weighted by atomic mass is 10.1. The lowest BCUT2D eigenvalue weighted by Gasteiger charge is -2.02. The van der Waals surface area contributed by atoms with Crippen molar-refractivity contribution in [2.75, 3.05) is 0 Å². The molecule has 0 aliphatic carbocycles. The maximum Gasteiger partial charge on any atom is 0.0515 e. The van der Waals surface area contributed by atoms with Crippen molar-refractivity contribution in [3.05, 3.63) is 29.6 Å². The summed E-state index contributed by atoms with van der Waals surface area (Å²) in [5.41, 5.74) is 2.23. The van der Waals surface area contributed by atoms with Gasteiger partial charge in [-0.2, -0.15) is 0 Å². The normalized spacial score (nSPS) is 12.9. The van der Waals surface area contributed by atoms with Crippen LogP contribution in [0.25, 0.3) is 0 Å². The van der Waals surface area contributed by atoms with Gasteiger partial charge in [0.15, 0.2) is 0 Å². The standard InChI is InChI=1S/C10H15NO/c1-8-3-5-10(11-7-8)6-4-9(2)12/h3,5,7,9,12H,4,6H2,1-2H3/t9-/m1/s1. The van der Waals surface area contributed by atoms with E-state index in [4.69, 9.17) is 5.11 Å². The average molecular weight is 165 g/mol. The van der Waals surface area contributed by atoms with Crippen molar-refractivity contribution >= 4 is 0 Å². The summed E-state index contributed by atoms with van der Waals surface area (Å²) in [5, 5.41) is 9.04. The SMILES string of the molecule is Cc1ccc(CC[C@@H](C)O)nc1. The van der Waals surface area contributed by atoms with Crippen LogP contribution in [0.3, 0.4) is 0 Å². The van der Waals surface area contributed by atoms with E-state index in [9.17, 15) is 0 Å². The minimum atomic E-state index is -0.229. The summed E-state index contributed by atoms with van der Waals surface area (Å²) in [6.07, 6.45) is 3.28. The van der Waals surface area contributed by atoms with E-state index in [-0.39, 0.29) is 6.10 Å². The molecule has 1 aromatic rings. The molecule has 0 aliphatic rings. The fourth-order valence-corrected chi connectivity index (χ4v) is 1.00. The summed E-state index contributed by atoms with van der Waals surface area (Å²) in [7, 11) is 0. The fraction of sp³-hybridized carbons (Fsp3) is 0.500. The van der Waals surface area contributed by atoms with Gasteiger partial charge in [0, 0.05) is 11.9 Å². The van der Waals surface area contributed by atoms with Crippen LogP contribution in [0.4, 0.5) is 0 Å². The Bertz CT molecular complexity index is 228. The molecule has 0 aromatic carbocycles. The van der Waals surface area contributed by atoms with Gasteiger partial charge in [0.05, 0.1) is 6.10 Å². The van der Waals surface area contributed by atoms with Crippen molar-refractivity contribution in [1.29, 1.82) is 0 Å². The molecule has 1 aromatic heterocycles. The van der Waals surface area contributed by atoms with Gasteiger partial charge in [0.2, 0.25) is 0 Å². The zero-order chi connectivity index (χ0) is 8.97. The van der Waals surface area contributed by atoms with Crippen molar-refractivity contribution in [3.8, 4) is 0 Å². The number of aliphatic hydroxyl groups excluding tert-OH is 1. The number of rotatable bonds is 3. The molecule has 2 nitrogen and oxygen atoms in total. The van der Waals surface area contributed by atoms with E-state index >= 15 is 0 Å². The van der Waals surface area contributed by atoms with E-state index in [0.29, 0.717) is 0 Å². The van der Waals surface area contributed by atoms with E-state index in [2.05, 4.69) is 4.98 Å². The lowest BCUT2D eigenvalue weighted by molar-refractivity contribution is 0.184. The highest BCUT2D eigenvalue weighted by atomic mass is 16.3. The van der Waals surface area contributed by atoms with Crippen molar-refractivity contribution in [3.63, 3.8) is 0 Å². The van der Waals surface area contributed by atoms with Gasteiger partial charge >= 0.3 is 0 Å². The Labute approximate surface area is 73.3 Å². The first-order valence-electron chi connectivity index (χ1n) is 4.28. The van der Waals surface area contributed by atoms with Crippen LogP contribution in [-0.2, 0) is 6.42 Å². The topological polar surface area (TPSA) is 33.1 Å². The molecule has 12 heavy (non-hydrogen) atoms. The Balaban J connectivity index is 2.48. The molecule has 1 heterocycles. The second kappa shape index (κ2) is 4.21. The summed E-state index contributed by atoms with van der Waals surface area (Å²) in [6, 6.07) is 4.06. The van der Waals surface area contributed by atoms with Crippen LogP contribution in [0, 0.1) is 6.92 Å². The molecule has 0 aliphatic heterocycles. The van der Waals surface area contributed by atoms with Crippen molar-refractivity contribution in [2.24, 2.45) is 0 Å². The summed E-state index contributed by atoms with van der Waals surface area (Å²) in [4.78, 5) is 4.24. The maximum absolute atomic E-state index is 9.04. The molecule has 0 amide bonds. The molecule has 66 valence electrons. The predicted molar refractivity (Wildman–Crippen MR) is 49.0 cm³/mol. The number of aromatic nitrogens is 1. The Morgan fingerprint density at radius 1 is 1.50 bits per heavy atom. The van der Waals surface area contributed by atoms with Gasteiger partial charge in [-0.25, -0.2) is 0 Å². The van der Waals surface area contributed by atoms with Crippen LogP contribution in [-0.4, -0.2) is 16.2 Å². The summed E-state index contributed by atoms with van der Waals surface area (Å²) < 4.78 is 0. The molecule has 2 heteroatoms. The van der Waals surface area contributed by atoms with Crippen LogP contribution in [0.2, 0.25) is 0 Å². The molecule has 0 spiro atoms. The second-order valence-corrected chi connectivity index (χ2v) is 3.21. The van der Waals surface area contributed by atoms with Crippen LogP contribution < -0.4 is 0 Å². The number of hydrogen-bond donors (Lipinski definition) is 1. The van der Waals surface area contributed by atoms with Crippen LogP contribution >= 0.6 is 0 Å². The number of hydrogen-bond acceptors (Lipinski definition) is 2. The zero-order valence-corrected chi connectivity index (χ0v) is 7.62. The van der Waals surface area contributed by atoms with Gasteiger partial charge in [-0.05, 0) is 38.3 Å². The Morgan fingerprint density at radius 2 is 2.25 bits per heavy atom. The van der Waals surface area contributed by atoms with Gasteiger partial charge < -0.3 is 5.11 Å². The first kappa shape index (κ1) is 9.20. The monoisotopic (exact) mass is 165 g/mol. The quantitative estimate of drug-likeness (QED) is 0.739. The lowest BCUT2D eigenvalue weighted by Crippen LogP contribution is -2.02. The molecule has 1 rings (SSSR count). The highest BCUT2D eigenvalue weighted by molar-refractivity contribution is 5.12.